The number of unbranched alkanes of at least 4 members (excludes halogenated alkanes) is 7. The molecular weight excluding hydrogens is 230 g/mol. The third-order valence-corrected chi connectivity index (χ3v) is 3.30. The molecule has 0 aliphatic heterocycles. The van der Waals surface area contributed by atoms with Gasteiger partial charge in [-0.15, -0.1) is 0 Å². The van der Waals surface area contributed by atoms with Crippen LogP contribution in [0.1, 0.15) is 64.0 Å². The quantitative estimate of drug-likeness (QED) is 0.536. The van der Waals surface area contributed by atoms with Crippen molar-refractivity contribution < 1.29 is 0 Å². The number of nitrogens with zero attached hydrogens (tertiary/aromatic N) is 1. The van der Waals surface area contributed by atoms with E-state index in [2.05, 4.69) is 11.9 Å². The Bertz CT molecular complexity index is 281. The van der Waals surface area contributed by atoms with Crippen LogP contribution >= 0.6 is 11.6 Å². The monoisotopic (exact) mass is 253 g/mol. The van der Waals surface area contributed by atoms with Crippen LogP contribution in [0.3, 0.4) is 0 Å². The fourth-order valence-electron chi connectivity index (χ4n) is 1.99. The number of hydrogen-bond donors (Lipinski definition) is 0. The molecule has 0 bridgehead atoms. The number of aromatic nitrogens is 1. The Hall–Kier alpha value is -0.560. The summed E-state index contributed by atoms with van der Waals surface area (Å²) < 4.78 is 0. The van der Waals surface area contributed by atoms with E-state index in [4.69, 9.17) is 11.6 Å². The van der Waals surface area contributed by atoms with Gasteiger partial charge in [0.15, 0.2) is 0 Å². The van der Waals surface area contributed by atoms with Gasteiger partial charge in [-0.25, -0.2) is 0 Å². The zero-order valence-corrected chi connectivity index (χ0v) is 11.7. The predicted molar refractivity (Wildman–Crippen MR) is 75.6 cm³/mol. The maximum atomic E-state index is 5.79. The van der Waals surface area contributed by atoms with Crippen LogP contribution in [0, 0.1) is 0 Å². The largest absolute Gasteiger partial charge is 0.260 e. The topological polar surface area (TPSA) is 12.9 Å². The molecular formula is C15H24ClN. The Labute approximate surface area is 111 Å². The van der Waals surface area contributed by atoms with Gasteiger partial charge in [0.05, 0.1) is 5.02 Å². The van der Waals surface area contributed by atoms with Crippen LogP contribution in [0.5, 0.6) is 0 Å². The van der Waals surface area contributed by atoms with Crippen LogP contribution < -0.4 is 0 Å². The molecule has 0 fully saturated rings. The molecule has 0 N–H and O–H groups in total. The Morgan fingerprint density at radius 2 is 1.59 bits per heavy atom. The van der Waals surface area contributed by atoms with E-state index in [0.29, 0.717) is 0 Å². The van der Waals surface area contributed by atoms with E-state index in [0.717, 1.165) is 11.4 Å². The number of pyridine rings is 1. The van der Waals surface area contributed by atoms with Gasteiger partial charge in [-0.2, -0.15) is 0 Å². The second-order valence-electron chi connectivity index (χ2n) is 4.69. The van der Waals surface area contributed by atoms with E-state index in [1.54, 1.807) is 6.20 Å². The highest BCUT2D eigenvalue weighted by atomic mass is 35.5. The molecule has 0 radical (unpaired) electrons. The van der Waals surface area contributed by atoms with Crippen molar-refractivity contribution in [2.24, 2.45) is 0 Å². The first-order chi connectivity index (χ1) is 8.33. The number of halogens is 1. The molecule has 0 amide bonds. The summed E-state index contributed by atoms with van der Waals surface area (Å²) in [5.41, 5.74) is 1.17. The average Bonchev–Trinajstić information content (AvgIpc) is 2.35. The molecule has 0 spiro atoms. The van der Waals surface area contributed by atoms with Gasteiger partial charge in [-0.3, -0.25) is 4.98 Å². The summed E-state index contributed by atoms with van der Waals surface area (Å²) in [6.45, 7) is 2.26. The Morgan fingerprint density at radius 1 is 0.941 bits per heavy atom. The molecule has 0 aromatic carbocycles. The van der Waals surface area contributed by atoms with Crippen LogP contribution in [0.15, 0.2) is 18.3 Å². The third kappa shape index (κ3) is 7.38. The van der Waals surface area contributed by atoms with Crippen molar-refractivity contribution >= 4 is 11.6 Å². The van der Waals surface area contributed by atoms with Crippen molar-refractivity contribution in [3.05, 3.63) is 29.0 Å². The number of aryl methyl sites for hydroxylation is 1. The molecule has 17 heavy (non-hydrogen) atoms. The second-order valence-corrected chi connectivity index (χ2v) is 5.13. The van der Waals surface area contributed by atoms with E-state index >= 15 is 0 Å². The first kappa shape index (κ1) is 14.5. The smallest absolute Gasteiger partial charge is 0.0589 e. The van der Waals surface area contributed by atoms with Crippen LogP contribution in [0.4, 0.5) is 0 Å². The van der Waals surface area contributed by atoms with E-state index < -0.39 is 0 Å². The highest BCUT2D eigenvalue weighted by Gasteiger charge is 1.96. The lowest BCUT2D eigenvalue weighted by Crippen LogP contribution is -1.89. The highest BCUT2D eigenvalue weighted by molar-refractivity contribution is 6.30. The van der Waals surface area contributed by atoms with Gasteiger partial charge in [-0.05, 0) is 25.0 Å². The molecule has 0 saturated heterocycles. The van der Waals surface area contributed by atoms with Crippen molar-refractivity contribution in [2.75, 3.05) is 0 Å². The number of hydrogen-bond acceptors (Lipinski definition) is 1. The molecule has 96 valence electrons. The predicted octanol–water partition coefficient (Wildman–Crippen LogP) is 5.42. The molecule has 1 heterocycles. The van der Waals surface area contributed by atoms with Crippen LogP contribution in [0.25, 0.3) is 0 Å². The summed E-state index contributed by atoms with van der Waals surface area (Å²) in [5.74, 6) is 0. The van der Waals surface area contributed by atoms with Gasteiger partial charge in [0, 0.05) is 11.9 Å². The maximum Gasteiger partial charge on any atom is 0.0589 e. The van der Waals surface area contributed by atoms with Crippen molar-refractivity contribution in [1.82, 2.24) is 4.98 Å². The van der Waals surface area contributed by atoms with Crippen LogP contribution in [-0.2, 0) is 6.42 Å². The minimum absolute atomic E-state index is 0.727. The van der Waals surface area contributed by atoms with Crippen LogP contribution in [0.2, 0.25) is 5.02 Å². The standard InChI is InChI=1S/C15H24ClN/c1-2-3-4-5-6-7-8-9-10-15-12-11-14(16)13-17-15/h11-13H,2-10H2,1H3. The Morgan fingerprint density at radius 3 is 2.18 bits per heavy atom. The fourth-order valence-corrected chi connectivity index (χ4v) is 2.11. The highest BCUT2D eigenvalue weighted by Crippen LogP contribution is 2.11. The Kier molecular flexibility index (Phi) is 8.08. The zero-order valence-electron chi connectivity index (χ0n) is 10.9. The lowest BCUT2D eigenvalue weighted by Gasteiger charge is -2.02. The molecule has 0 unspecified atom stereocenters. The average molecular weight is 254 g/mol. The molecule has 1 aromatic heterocycles. The van der Waals surface area contributed by atoms with Gasteiger partial charge in [-0.1, -0.05) is 63.5 Å². The summed E-state index contributed by atoms with van der Waals surface area (Å²) in [6, 6.07) is 3.96. The lowest BCUT2D eigenvalue weighted by molar-refractivity contribution is 0.574. The minimum atomic E-state index is 0.727. The summed E-state index contributed by atoms with van der Waals surface area (Å²) in [5, 5.41) is 0.727. The van der Waals surface area contributed by atoms with Crippen molar-refractivity contribution in [3.8, 4) is 0 Å². The zero-order chi connectivity index (χ0) is 12.3. The summed E-state index contributed by atoms with van der Waals surface area (Å²) in [4.78, 5) is 4.30. The molecule has 1 aromatic rings. The maximum absolute atomic E-state index is 5.79. The van der Waals surface area contributed by atoms with Crippen molar-refractivity contribution in [2.45, 2.75) is 64.7 Å². The number of rotatable bonds is 9. The summed E-state index contributed by atoms with van der Waals surface area (Å²) >= 11 is 5.79. The summed E-state index contributed by atoms with van der Waals surface area (Å²) in [7, 11) is 0. The van der Waals surface area contributed by atoms with E-state index in [-0.39, 0.29) is 0 Å². The molecule has 1 rings (SSSR count). The molecule has 0 aliphatic rings. The summed E-state index contributed by atoms with van der Waals surface area (Å²) in [6.07, 6.45) is 13.7. The van der Waals surface area contributed by atoms with Gasteiger partial charge in [0.2, 0.25) is 0 Å². The van der Waals surface area contributed by atoms with E-state index in [9.17, 15) is 0 Å². The molecule has 0 saturated carbocycles. The molecule has 1 nitrogen and oxygen atoms in total. The van der Waals surface area contributed by atoms with Gasteiger partial charge in [0.1, 0.15) is 0 Å². The van der Waals surface area contributed by atoms with Gasteiger partial charge < -0.3 is 0 Å². The van der Waals surface area contributed by atoms with Crippen molar-refractivity contribution in [3.63, 3.8) is 0 Å². The van der Waals surface area contributed by atoms with Gasteiger partial charge in [0.25, 0.3) is 0 Å². The molecule has 0 atom stereocenters. The minimum Gasteiger partial charge on any atom is -0.260 e. The first-order valence-electron chi connectivity index (χ1n) is 6.93. The Balaban J connectivity index is 1.95. The van der Waals surface area contributed by atoms with Crippen molar-refractivity contribution in [1.29, 1.82) is 0 Å². The van der Waals surface area contributed by atoms with E-state index in [1.807, 2.05) is 12.1 Å². The third-order valence-electron chi connectivity index (χ3n) is 3.08. The molecule has 0 aliphatic carbocycles. The second kappa shape index (κ2) is 9.47. The van der Waals surface area contributed by atoms with Gasteiger partial charge >= 0.3 is 0 Å². The van der Waals surface area contributed by atoms with E-state index in [1.165, 1.54) is 57.1 Å². The SMILES string of the molecule is CCCCCCCCCCc1ccc(Cl)cn1. The normalized spacial score (nSPS) is 10.7. The fraction of sp³-hybridized carbons (Fsp3) is 0.667. The molecule has 2 heteroatoms. The first-order valence-corrected chi connectivity index (χ1v) is 7.31. The lowest BCUT2D eigenvalue weighted by atomic mass is 10.1. The van der Waals surface area contributed by atoms with Crippen LogP contribution in [-0.4, -0.2) is 4.98 Å².